The first-order valence-electron chi connectivity index (χ1n) is 8.32. The molecule has 2 rings (SSSR count). The van der Waals surface area contributed by atoms with Gasteiger partial charge in [-0.3, -0.25) is 4.79 Å². The molecule has 1 aromatic heterocycles. The molecule has 1 saturated heterocycles. The predicted molar refractivity (Wildman–Crippen MR) is 90.9 cm³/mol. The smallest absolute Gasteiger partial charge is 0.271 e. The lowest BCUT2D eigenvalue weighted by molar-refractivity contribution is 0.0938. The number of anilines is 1. The van der Waals surface area contributed by atoms with Crippen LogP contribution in [-0.2, 0) is 0 Å². The number of hydrogen-bond donors (Lipinski definition) is 2. The van der Waals surface area contributed by atoms with Gasteiger partial charge in [0.05, 0.1) is 11.2 Å². The van der Waals surface area contributed by atoms with Crippen molar-refractivity contribution in [2.24, 2.45) is 5.92 Å². The summed E-state index contributed by atoms with van der Waals surface area (Å²) < 4.78 is 0. The number of carbonyl (C=O) groups is 1. The molecule has 6 nitrogen and oxygen atoms in total. The molecule has 1 fully saturated rings. The topological polar surface area (TPSA) is 78.3 Å². The van der Waals surface area contributed by atoms with Gasteiger partial charge in [0.25, 0.3) is 5.91 Å². The molecular weight excluding hydrogens is 316 g/mol. The molecule has 0 bridgehead atoms. The summed E-state index contributed by atoms with van der Waals surface area (Å²) in [5, 5.41) is 12.2. The number of nitrogens with one attached hydrogen (secondary N) is 1. The molecule has 23 heavy (non-hydrogen) atoms. The van der Waals surface area contributed by atoms with Crippen LogP contribution in [0.5, 0.6) is 0 Å². The Hall–Kier alpha value is -1.40. The Morgan fingerprint density at radius 3 is 2.83 bits per heavy atom. The van der Waals surface area contributed by atoms with Gasteiger partial charge in [-0.2, -0.15) is 0 Å². The zero-order chi connectivity index (χ0) is 16.7. The third-order valence-electron chi connectivity index (χ3n) is 4.12. The van der Waals surface area contributed by atoms with Crippen LogP contribution in [0.25, 0.3) is 0 Å². The number of aliphatic hydroxyl groups is 1. The SMILES string of the molecule is CCCC(CCO)CNC(=O)c1nc(N2CCCC2)ncc1Cl. The number of nitrogens with zero attached hydrogens (tertiary/aromatic N) is 3. The Labute approximate surface area is 142 Å². The van der Waals surface area contributed by atoms with Crippen molar-refractivity contribution in [3.8, 4) is 0 Å². The lowest BCUT2D eigenvalue weighted by atomic mass is 10.0. The number of aliphatic hydroxyl groups excluding tert-OH is 1. The van der Waals surface area contributed by atoms with Gasteiger partial charge in [-0.05, 0) is 31.6 Å². The number of rotatable bonds is 8. The van der Waals surface area contributed by atoms with E-state index in [1.54, 1.807) is 0 Å². The normalized spacial score (nSPS) is 15.7. The lowest BCUT2D eigenvalue weighted by Gasteiger charge is -2.17. The second-order valence-corrected chi connectivity index (χ2v) is 6.34. The van der Waals surface area contributed by atoms with Gasteiger partial charge in [0, 0.05) is 26.2 Å². The summed E-state index contributed by atoms with van der Waals surface area (Å²) in [5.74, 6) is 0.557. The van der Waals surface area contributed by atoms with E-state index in [1.165, 1.54) is 6.20 Å². The predicted octanol–water partition coefficient (Wildman–Crippen LogP) is 2.26. The van der Waals surface area contributed by atoms with Crippen molar-refractivity contribution in [3.63, 3.8) is 0 Å². The molecule has 1 aromatic rings. The fourth-order valence-corrected chi connectivity index (χ4v) is 3.02. The largest absolute Gasteiger partial charge is 0.396 e. The maximum absolute atomic E-state index is 12.4. The van der Waals surface area contributed by atoms with Crippen LogP contribution in [0.15, 0.2) is 6.20 Å². The van der Waals surface area contributed by atoms with Crippen molar-refractivity contribution in [3.05, 3.63) is 16.9 Å². The van der Waals surface area contributed by atoms with E-state index in [-0.39, 0.29) is 29.1 Å². The molecule has 1 amide bonds. The molecule has 7 heteroatoms. The highest BCUT2D eigenvalue weighted by Crippen LogP contribution is 2.20. The zero-order valence-electron chi connectivity index (χ0n) is 13.6. The second-order valence-electron chi connectivity index (χ2n) is 5.94. The molecule has 2 N–H and O–H groups in total. The van der Waals surface area contributed by atoms with Crippen LogP contribution in [0, 0.1) is 5.92 Å². The van der Waals surface area contributed by atoms with Gasteiger partial charge in [0.15, 0.2) is 5.69 Å². The average Bonchev–Trinajstić information content (AvgIpc) is 3.07. The molecule has 0 radical (unpaired) electrons. The Morgan fingerprint density at radius 2 is 2.17 bits per heavy atom. The average molecular weight is 341 g/mol. The molecule has 1 unspecified atom stereocenters. The Morgan fingerprint density at radius 1 is 1.43 bits per heavy atom. The fraction of sp³-hybridized carbons (Fsp3) is 0.688. The molecule has 1 atom stereocenters. The third-order valence-corrected chi connectivity index (χ3v) is 4.40. The first-order valence-corrected chi connectivity index (χ1v) is 8.70. The highest BCUT2D eigenvalue weighted by Gasteiger charge is 2.20. The number of amides is 1. The number of carbonyl (C=O) groups excluding carboxylic acids is 1. The van der Waals surface area contributed by atoms with Crippen LogP contribution in [0.2, 0.25) is 5.02 Å². The molecule has 2 heterocycles. The molecule has 0 saturated carbocycles. The highest BCUT2D eigenvalue weighted by molar-refractivity contribution is 6.33. The zero-order valence-corrected chi connectivity index (χ0v) is 14.3. The molecule has 0 aliphatic carbocycles. The minimum absolute atomic E-state index is 0.133. The van der Waals surface area contributed by atoms with Gasteiger partial charge in [-0.25, -0.2) is 9.97 Å². The van der Waals surface area contributed by atoms with Gasteiger partial charge in [0.1, 0.15) is 0 Å². The van der Waals surface area contributed by atoms with E-state index in [9.17, 15) is 4.79 Å². The molecule has 0 aromatic carbocycles. The lowest BCUT2D eigenvalue weighted by Crippen LogP contribution is -2.31. The summed E-state index contributed by atoms with van der Waals surface area (Å²) in [6.07, 6.45) is 6.41. The van der Waals surface area contributed by atoms with Crippen molar-refractivity contribution in [1.82, 2.24) is 15.3 Å². The minimum Gasteiger partial charge on any atom is -0.396 e. The second kappa shape index (κ2) is 9.03. The summed E-state index contributed by atoms with van der Waals surface area (Å²) in [4.78, 5) is 23.0. The van der Waals surface area contributed by atoms with E-state index in [0.717, 1.165) is 38.8 Å². The van der Waals surface area contributed by atoms with Gasteiger partial charge in [0.2, 0.25) is 5.95 Å². The van der Waals surface area contributed by atoms with E-state index in [4.69, 9.17) is 16.7 Å². The van der Waals surface area contributed by atoms with Crippen LogP contribution in [-0.4, -0.2) is 47.2 Å². The summed E-state index contributed by atoms with van der Waals surface area (Å²) in [5.41, 5.74) is 0.225. The maximum Gasteiger partial charge on any atom is 0.271 e. The van der Waals surface area contributed by atoms with E-state index in [2.05, 4.69) is 27.1 Å². The molecule has 128 valence electrons. The minimum atomic E-state index is -0.281. The molecule has 0 spiro atoms. The van der Waals surface area contributed by atoms with Gasteiger partial charge in [-0.1, -0.05) is 24.9 Å². The van der Waals surface area contributed by atoms with Crippen LogP contribution >= 0.6 is 11.6 Å². The quantitative estimate of drug-likeness (QED) is 0.759. The molecule has 1 aliphatic rings. The Balaban J connectivity index is 2.01. The molecule has 1 aliphatic heterocycles. The van der Waals surface area contributed by atoms with Crippen LogP contribution in [0.1, 0.15) is 49.5 Å². The standard InChI is InChI=1S/C16H25ClN4O2/c1-2-5-12(6-9-22)10-18-15(23)14-13(17)11-19-16(20-14)21-7-3-4-8-21/h11-12,22H,2-10H2,1H3,(H,18,23). The summed E-state index contributed by atoms with van der Waals surface area (Å²) in [6.45, 7) is 4.58. The van der Waals surface area contributed by atoms with Crippen LogP contribution < -0.4 is 10.2 Å². The maximum atomic E-state index is 12.4. The van der Waals surface area contributed by atoms with Gasteiger partial charge < -0.3 is 15.3 Å². The van der Waals surface area contributed by atoms with Crippen LogP contribution in [0.4, 0.5) is 5.95 Å². The van der Waals surface area contributed by atoms with Crippen molar-refractivity contribution >= 4 is 23.5 Å². The van der Waals surface area contributed by atoms with Crippen molar-refractivity contribution in [1.29, 1.82) is 0 Å². The summed E-state index contributed by atoms with van der Waals surface area (Å²) >= 11 is 6.09. The summed E-state index contributed by atoms with van der Waals surface area (Å²) in [6, 6.07) is 0. The first kappa shape index (κ1) is 17.9. The fourth-order valence-electron chi connectivity index (χ4n) is 2.85. The summed E-state index contributed by atoms with van der Waals surface area (Å²) in [7, 11) is 0. The Bertz CT molecular complexity index is 515. The van der Waals surface area contributed by atoms with Crippen molar-refractivity contribution in [2.45, 2.75) is 39.0 Å². The first-order chi connectivity index (χ1) is 11.2. The van der Waals surface area contributed by atoms with E-state index < -0.39 is 0 Å². The molecular formula is C16H25ClN4O2. The van der Waals surface area contributed by atoms with Crippen molar-refractivity contribution < 1.29 is 9.90 Å². The van der Waals surface area contributed by atoms with E-state index in [0.29, 0.717) is 18.9 Å². The van der Waals surface area contributed by atoms with Gasteiger partial charge >= 0.3 is 0 Å². The van der Waals surface area contributed by atoms with E-state index in [1.807, 2.05) is 0 Å². The number of hydrogen-bond acceptors (Lipinski definition) is 5. The third kappa shape index (κ3) is 5.04. The van der Waals surface area contributed by atoms with E-state index >= 15 is 0 Å². The van der Waals surface area contributed by atoms with Gasteiger partial charge in [-0.15, -0.1) is 0 Å². The highest BCUT2D eigenvalue weighted by atomic mass is 35.5. The number of aromatic nitrogens is 2. The number of halogens is 1. The monoisotopic (exact) mass is 340 g/mol. The Kier molecular flexibility index (Phi) is 7.05. The van der Waals surface area contributed by atoms with Crippen LogP contribution in [0.3, 0.4) is 0 Å². The van der Waals surface area contributed by atoms with Crippen molar-refractivity contribution in [2.75, 3.05) is 31.1 Å².